The Hall–Kier alpha value is -1.81. The Labute approximate surface area is 118 Å². The molecule has 0 aromatic carbocycles. The van der Waals surface area contributed by atoms with Gasteiger partial charge in [0.1, 0.15) is 0 Å². The van der Waals surface area contributed by atoms with E-state index in [0.717, 1.165) is 30.0 Å². The smallest absolute Gasteiger partial charge is 0.251 e. The third kappa shape index (κ3) is 1.83. The second-order valence-electron chi connectivity index (χ2n) is 6.14. The van der Waals surface area contributed by atoms with Gasteiger partial charge < -0.3 is 15.0 Å². The van der Waals surface area contributed by atoms with Crippen molar-refractivity contribution in [3.05, 3.63) is 41.7 Å². The molecule has 1 saturated heterocycles. The van der Waals surface area contributed by atoms with Crippen LogP contribution in [0, 0.1) is 12.8 Å². The molecule has 2 aromatic heterocycles. The number of piperidine rings is 1. The molecule has 20 heavy (non-hydrogen) atoms. The summed E-state index contributed by atoms with van der Waals surface area (Å²) < 4.78 is 2.05. The van der Waals surface area contributed by atoms with Crippen molar-refractivity contribution < 1.29 is 4.79 Å². The predicted molar refractivity (Wildman–Crippen MR) is 77.9 cm³/mol. The van der Waals surface area contributed by atoms with E-state index < -0.39 is 0 Å². The minimum absolute atomic E-state index is 0.0486. The summed E-state index contributed by atoms with van der Waals surface area (Å²) in [5.41, 5.74) is 3.05. The van der Waals surface area contributed by atoms with Crippen LogP contribution in [-0.2, 0) is 0 Å². The number of rotatable bonds is 2. The Bertz CT molecular complexity index is 675. The van der Waals surface area contributed by atoms with E-state index in [9.17, 15) is 4.79 Å². The lowest BCUT2D eigenvalue weighted by Gasteiger charge is -2.24. The van der Waals surface area contributed by atoms with Gasteiger partial charge in [0, 0.05) is 35.6 Å². The van der Waals surface area contributed by atoms with Gasteiger partial charge in [0.15, 0.2) is 0 Å². The zero-order chi connectivity index (χ0) is 13.7. The van der Waals surface area contributed by atoms with Crippen molar-refractivity contribution in [2.24, 2.45) is 5.92 Å². The number of aromatic nitrogens is 1. The number of pyridine rings is 1. The number of nitrogens with one attached hydrogen (secondary N) is 2. The molecule has 2 N–H and O–H groups in total. The Kier molecular flexibility index (Phi) is 2.60. The van der Waals surface area contributed by atoms with E-state index >= 15 is 0 Å². The minimum Gasteiger partial charge on any atom is -0.348 e. The number of nitrogens with zero attached hydrogens (tertiary/aromatic N) is 1. The first-order chi connectivity index (χ1) is 9.70. The Balaban J connectivity index is 1.56. The van der Waals surface area contributed by atoms with Crippen LogP contribution in [-0.4, -0.2) is 28.9 Å². The maximum atomic E-state index is 12.4. The van der Waals surface area contributed by atoms with Gasteiger partial charge in [-0.05, 0) is 56.0 Å². The molecule has 4 heteroatoms. The quantitative estimate of drug-likeness (QED) is 0.872. The first-order valence-electron chi connectivity index (χ1n) is 7.32. The normalized spacial score (nSPS) is 28.1. The number of hydrogen-bond acceptors (Lipinski definition) is 2. The summed E-state index contributed by atoms with van der Waals surface area (Å²) in [6, 6.07) is 6.71. The van der Waals surface area contributed by atoms with E-state index in [1.807, 2.05) is 28.9 Å². The predicted octanol–water partition coefficient (Wildman–Crippen LogP) is 1.73. The monoisotopic (exact) mass is 269 g/mol. The van der Waals surface area contributed by atoms with Crippen molar-refractivity contribution in [1.82, 2.24) is 15.0 Å². The summed E-state index contributed by atoms with van der Waals surface area (Å²) in [5, 5.41) is 6.67. The summed E-state index contributed by atoms with van der Waals surface area (Å²) in [4.78, 5) is 12.4. The van der Waals surface area contributed by atoms with Gasteiger partial charge in [-0.1, -0.05) is 0 Å². The number of amides is 1. The lowest BCUT2D eigenvalue weighted by atomic mass is 10.1. The van der Waals surface area contributed by atoms with E-state index in [-0.39, 0.29) is 5.91 Å². The molecule has 0 radical (unpaired) electrons. The van der Waals surface area contributed by atoms with Crippen molar-refractivity contribution in [2.45, 2.75) is 31.8 Å². The molecule has 104 valence electrons. The first-order valence-corrected chi connectivity index (χ1v) is 7.32. The van der Waals surface area contributed by atoms with Crippen molar-refractivity contribution in [3.8, 4) is 0 Å². The molecule has 4 nitrogen and oxygen atoms in total. The molecule has 1 amide bonds. The topological polar surface area (TPSA) is 45.5 Å². The highest BCUT2D eigenvalue weighted by Gasteiger charge is 2.40. The van der Waals surface area contributed by atoms with E-state index in [1.165, 1.54) is 12.0 Å². The molecule has 2 fully saturated rings. The van der Waals surface area contributed by atoms with Crippen LogP contribution in [0.4, 0.5) is 0 Å². The molecule has 2 aliphatic rings. The SMILES string of the molecule is Cc1ccn2ccc(C(=O)NC3CC4CNC3C4)cc12. The molecule has 3 unspecified atom stereocenters. The van der Waals surface area contributed by atoms with Crippen molar-refractivity contribution >= 4 is 11.4 Å². The van der Waals surface area contributed by atoms with Crippen molar-refractivity contribution in [2.75, 3.05) is 6.54 Å². The molecule has 4 rings (SSSR count). The van der Waals surface area contributed by atoms with Gasteiger partial charge in [-0.2, -0.15) is 0 Å². The third-order valence-electron chi connectivity index (χ3n) is 4.78. The minimum atomic E-state index is 0.0486. The number of hydrogen-bond donors (Lipinski definition) is 2. The number of fused-ring (bicyclic) bond motifs is 3. The Morgan fingerprint density at radius 2 is 2.20 bits per heavy atom. The molecular formula is C16H19N3O. The van der Waals surface area contributed by atoms with Crippen molar-refractivity contribution in [3.63, 3.8) is 0 Å². The molecule has 1 aliphatic heterocycles. The fourth-order valence-corrected chi connectivity index (χ4v) is 3.64. The van der Waals surface area contributed by atoms with Crippen molar-refractivity contribution in [1.29, 1.82) is 0 Å². The lowest BCUT2D eigenvalue weighted by molar-refractivity contribution is 0.0928. The second kappa shape index (κ2) is 4.35. The van der Waals surface area contributed by atoms with Gasteiger partial charge in [-0.15, -0.1) is 0 Å². The van der Waals surface area contributed by atoms with E-state index in [0.29, 0.717) is 12.1 Å². The summed E-state index contributed by atoms with van der Waals surface area (Å²) in [5.74, 6) is 0.799. The Morgan fingerprint density at radius 1 is 1.35 bits per heavy atom. The van der Waals surface area contributed by atoms with Gasteiger partial charge in [0.05, 0.1) is 0 Å². The largest absolute Gasteiger partial charge is 0.348 e. The van der Waals surface area contributed by atoms with E-state index in [2.05, 4.69) is 23.6 Å². The second-order valence-corrected chi connectivity index (χ2v) is 6.14. The molecule has 3 atom stereocenters. The van der Waals surface area contributed by atoms with Crippen LogP contribution in [0.25, 0.3) is 5.52 Å². The number of carbonyl (C=O) groups excluding carboxylic acids is 1. The van der Waals surface area contributed by atoms with E-state index in [1.54, 1.807) is 0 Å². The highest BCUT2D eigenvalue weighted by atomic mass is 16.1. The third-order valence-corrected chi connectivity index (χ3v) is 4.78. The zero-order valence-electron chi connectivity index (χ0n) is 11.6. The van der Waals surface area contributed by atoms with Gasteiger partial charge in [-0.3, -0.25) is 4.79 Å². The van der Waals surface area contributed by atoms with Crippen LogP contribution >= 0.6 is 0 Å². The van der Waals surface area contributed by atoms with Crippen LogP contribution in [0.15, 0.2) is 30.6 Å². The summed E-state index contributed by atoms with van der Waals surface area (Å²) in [6.45, 7) is 3.18. The summed E-state index contributed by atoms with van der Waals surface area (Å²) in [6.07, 6.45) is 6.31. The van der Waals surface area contributed by atoms with Crippen LogP contribution in [0.2, 0.25) is 0 Å². The highest BCUT2D eigenvalue weighted by Crippen LogP contribution is 2.31. The molecule has 3 heterocycles. The molecular weight excluding hydrogens is 250 g/mol. The molecule has 0 spiro atoms. The fraction of sp³-hybridized carbons (Fsp3) is 0.438. The fourth-order valence-electron chi connectivity index (χ4n) is 3.64. The lowest BCUT2D eigenvalue weighted by Crippen LogP contribution is -2.47. The number of carbonyl (C=O) groups is 1. The Morgan fingerprint density at radius 3 is 2.95 bits per heavy atom. The molecule has 1 saturated carbocycles. The maximum Gasteiger partial charge on any atom is 0.251 e. The zero-order valence-corrected chi connectivity index (χ0v) is 11.6. The van der Waals surface area contributed by atoms with Gasteiger partial charge in [0.2, 0.25) is 0 Å². The average Bonchev–Trinajstić information content (AvgIpc) is 3.15. The standard InChI is InChI=1S/C16H19N3O/c1-10-2-4-19-5-3-12(8-15(10)19)16(20)18-14-7-11-6-13(14)17-9-11/h2-5,8,11,13-14,17H,6-7,9H2,1H3,(H,18,20). The van der Waals surface area contributed by atoms with E-state index in [4.69, 9.17) is 0 Å². The van der Waals surface area contributed by atoms with Gasteiger partial charge in [-0.25, -0.2) is 0 Å². The highest BCUT2D eigenvalue weighted by molar-refractivity contribution is 5.95. The van der Waals surface area contributed by atoms with Crippen LogP contribution in [0.1, 0.15) is 28.8 Å². The van der Waals surface area contributed by atoms with Crippen LogP contribution in [0.5, 0.6) is 0 Å². The molecule has 2 aromatic rings. The maximum absolute atomic E-state index is 12.4. The molecule has 1 aliphatic carbocycles. The van der Waals surface area contributed by atoms with Gasteiger partial charge in [0.25, 0.3) is 5.91 Å². The number of aryl methyl sites for hydroxylation is 1. The molecule has 2 bridgehead atoms. The van der Waals surface area contributed by atoms with Crippen LogP contribution < -0.4 is 10.6 Å². The van der Waals surface area contributed by atoms with Crippen LogP contribution in [0.3, 0.4) is 0 Å². The first kappa shape index (κ1) is 12.0. The summed E-state index contributed by atoms with van der Waals surface area (Å²) >= 11 is 0. The average molecular weight is 269 g/mol. The summed E-state index contributed by atoms with van der Waals surface area (Å²) in [7, 11) is 0. The van der Waals surface area contributed by atoms with Gasteiger partial charge >= 0.3 is 0 Å².